The van der Waals surface area contributed by atoms with Crippen LogP contribution >= 0.6 is 0 Å². The Bertz CT molecular complexity index is 773. The maximum atomic E-state index is 13.0. The summed E-state index contributed by atoms with van der Waals surface area (Å²) in [7, 11) is 0. The van der Waals surface area contributed by atoms with Crippen molar-refractivity contribution in [2.75, 3.05) is 0 Å². The molecule has 3 saturated heterocycles. The van der Waals surface area contributed by atoms with E-state index in [-0.39, 0.29) is 24.1 Å². The van der Waals surface area contributed by atoms with E-state index in [2.05, 4.69) is 0 Å². The zero-order valence-electron chi connectivity index (χ0n) is 15.4. The molecule has 146 valence electrons. The molecule has 8 unspecified atom stereocenters. The smallest absolute Gasteiger partial charge is 0.315 e. The third kappa shape index (κ3) is 2.04. The molecule has 0 amide bonds. The Morgan fingerprint density at radius 3 is 2.78 bits per heavy atom. The first-order valence-electron chi connectivity index (χ1n) is 9.69. The summed E-state index contributed by atoms with van der Waals surface area (Å²) in [6, 6.07) is 3.38. The first kappa shape index (κ1) is 17.3. The number of cyclic esters (lactones) is 1. The first-order valence-corrected chi connectivity index (χ1v) is 9.69. The van der Waals surface area contributed by atoms with Gasteiger partial charge in [-0.3, -0.25) is 9.59 Å². The van der Waals surface area contributed by atoms with E-state index >= 15 is 0 Å². The number of furan rings is 1. The highest BCUT2D eigenvalue weighted by Crippen LogP contribution is 2.65. The lowest BCUT2D eigenvalue weighted by atomic mass is 9.51. The molecule has 1 saturated carbocycles. The van der Waals surface area contributed by atoms with Gasteiger partial charge in [-0.1, -0.05) is 6.92 Å². The molecule has 0 aromatic carbocycles. The van der Waals surface area contributed by atoms with Crippen molar-refractivity contribution in [2.24, 2.45) is 17.3 Å². The van der Waals surface area contributed by atoms with Gasteiger partial charge in [0.2, 0.25) is 0 Å². The van der Waals surface area contributed by atoms with Crippen molar-refractivity contribution in [3.63, 3.8) is 0 Å². The van der Waals surface area contributed by atoms with Crippen LogP contribution in [0.15, 0.2) is 22.8 Å². The molecule has 8 atom stereocenters. The molecule has 1 aromatic heterocycles. The predicted octanol–water partition coefficient (Wildman–Crippen LogP) is 2.13. The summed E-state index contributed by atoms with van der Waals surface area (Å²) in [6.07, 6.45) is 1.63. The number of aliphatic hydroxyl groups is 1. The van der Waals surface area contributed by atoms with E-state index < -0.39 is 35.1 Å². The van der Waals surface area contributed by atoms with Gasteiger partial charge in [0.1, 0.15) is 23.9 Å². The predicted molar refractivity (Wildman–Crippen MR) is 90.3 cm³/mol. The quantitative estimate of drug-likeness (QED) is 0.790. The van der Waals surface area contributed by atoms with Crippen molar-refractivity contribution in [2.45, 2.75) is 69.5 Å². The van der Waals surface area contributed by atoms with Crippen LogP contribution in [0.5, 0.6) is 0 Å². The monoisotopic (exact) mass is 376 g/mol. The Morgan fingerprint density at radius 2 is 2.04 bits per heavy atom. The van der Waals surface area contributed by atoms with Crippen LogP contribution in [-0.2, 0) is 23.8 Å². The van der Waals surface area contributed by atoms with Crippen molar-refractivity contribution in [3.8, 4) is 0 Å². The van der Waals surface area contributed by atoms with Gasteiger partial charge in [0, 0.05) is 11.8 Å². The maximum Gasteiger partial charge on any atom is 0.315 e. The van der Waals surface area contributed by atoms with E-state index in [0.29, 0.717) is 25.0 Å². The van der Waals surface area contributed by atoms with Crippen molar-refractivity contribution < 1.29 is 33.3 Å². The number of aliphatic hydroxyl groups excluding tert-OH is 1. The molecular formula is C20H24O7. The van der Waals surface area contributed by atoms with E-state index in [1.54, 1.807) is 12.1 Å². The molecule has 27 heavy (non-hydrogen) atoms. The molecule has 0 radical (unpaired) electrons. The van der Waals surface area contributed by atoms with E-state index in [1.807, 2.05) is 13.8 Å². The van der Waals surface area contributed by atoms with Crippen LogP contribution < -0.4 is 0 Å². The van der Waals surface area contributed by atoms with Crippen LogP contribution in [0.1, 0.15) is 51.4 Å². The van der Waals surface area contributed by atoms with Crippen LogP contribution in [0.2, 0.25) is 0 Å². The van der Waals surface area contributed by atoms with Crippen molar-refractivity contribution in [1.29, 1.82) is 0 Å². The minimum Gasteiger partial charge on any atom is -0.465 e. The number of ether oxygens (including phenoxy) is 3. The van der Waals surface area contributed by atoms with Gasteiger partial charge in [-0.25, -0.2) is 0 Å². The standard InChI is InChI=1S/C20H24O7/c1-10-9-13-19(2)11(17(22)25-13)5-3-7-20(19,27-10)14-15(21)16(26-18(14)23)12-6-4-8-24-12/h4,6,8,10-11,13-16,21H,3,5,7,9H2,1-2H3. The Labute approximate surface area is 156 Å². The molecule has 3 aliphatic heterocycles. The molecule has 4 aliphatic rings. The summed E-state index contributed by atoms with van der Waals surface area (Å²) in [5.74, 6) is -1.52. The van der Waals surface area contributed by atoms with Crippen molar-refractivity contribution in [1.82, 2.24) is 0 Å². The number of carbonyl (C=O) groups is 2. The summed E-state index contributed by atoms with van der Waals surface area (Å²) in [4.78, 5) is 25.5. The lowest BCUT2D eigenvalue weighted by molar-refractivity contribution is -0.271. The summed E-state index contributed by atoms with van der Waals surface area (Å²) in [5.41, 5.74) is -1.67. The summed E-state index contributed by atoms with van der Waals surface area (Å²) >= 11 is 0. The fourth-order valence-corrected chi connectivity index (χ4v) is 6.12. The van der Waals surface area contributed by atoms with Crippen molar-refractivity contribution in [3.05, 3.63) is 24.2 Å². The van der Waals surface area contributed by atoms with Crippen LogP contribution in [0.3, 0.4) is 0 Å². The summed E-state index contributed by atoms with van der Waals surface area (Å²) in [5, 5.41) is 11.1. The Balaban J connectivity index is 1.61. The first-order chi connectivity index (χ1) is 12.9. The number of hydrogen-bond donors (Lipinski definition) is 1. The largest absolute Gasteiger partial charge is 0.465 e. The Kier molecular flexibility index (Phi) is 3.56. The van der Waals surface area contributed by atoms with Crippen molar-refractivity contribution >= 4 is 11.9 Å². The lowest BCUT2D eigenvalue weighted by Gasteiger charge is -2.59. The van der Waals surface area contributed by atoms with Crippen LogP contribution in [0.4, 0.5) is 0 Å². The Morgan fingerprint density at radius 1 is 1.22 bits per heavy atom. The number of carbonyl (C=O) groups excluding carboxylic acids is 2. The average molecular weight is 376 g/mol. The van der Waals surface area contributed by atoms with Crippen LogP contribution in [0.25, 0.3) is 0 Å². The molecule has 1 aromatic rings. The molecule has 1 N–H and O–H groups in total. The van der Waals surface area contributed by atoms with Gasteiger partial charge in [-0.2, -0.15) is 0 Å². The normalized spacial score (nSPS) is 48.9. The minimum absolute atomic E-state index is 0.185. The second-order valence-electron chi connectivity index (χ2n) is 8.55. The van der Waals surface area contributed by atoms with Gasteiger partial charge in [-0.05, 0) is 38.3 Å². The van der Waals surface area contributed by atoms with E-state index in [0.717, 1.165) is 6.42 Å². The topological polar surface area (TPSA) is 95.2 Å². The van der Waals surface area contributed by atoms with Gasteiger partial charge < -0.3 is 23.7 Å². The summed E-state index contributed by atoms with van der Waals surface area (Å²) < 4.78 is 23.1. The molecule has 5 rings (SSSR count). The highest BCUT2D eigenvalue weighted by molar-refractivity contribution is 5.81. The fraction of sp³-hybridized carbons (Fsp3) is 0.700. The highest BCUT2D eigenvalue weighted by atomic mass is 16.6. The minimum atomic E-state index is -1.11. The van der Waals surface area contributed by atoms with Gasteiger partial charge in [0.05, 0.1) is 23.9 Å². The van der Waals surface area contributed by atoms with E-state index in [1.165, 1.54) is 6.26 Å². The second kappa shape index (κ2) is 5.58. The third-order valence-corrected chi connectivity index (χ3v) is 7.32. The van der Waals surface area contributed by atoms with Gasteiger partial charge in [0.25, 0.3) is 0 Å². The molecular weight excluding hydrogens is 352 g/mol. The molecule has 7 heteroatoms. The summed E-state index contributed by atoms with van der Waals surface area (Å²) in [6.45, 7) is 3.91. The van der Waals surface area contributed by atoms with E-state index in [4.69, 9.17) is 18.6 Å². The number of hydrogen-bond acceptors (Lipinski definition) is 7. The zero-order valence-corrected chi connectivity index (χ0v) is 15.4. The molecule has 0 spiro atoms. The molecule has 7 nitrogen and oxygen atoms in total. The molecule has 4 fully saturated rings. The highest BCUT2D eigenvalue weighted by Gasteiger charge is 2.75. The Hall–Kier alpha value is -1.86. The third-order valence-electron chi connectivity index (χ3n) is 7.32. The van der Waals surface area contributed by atoms with Crippen LogP contribution in [0, 0.1) is 17.3 Å². The SMILES string of the molecule is CC1CC2OC(=O)C3CCCC(C4C(=O)OC(c5ccco5)C4O)(O1)C23C. The maximum absolute atomic E-state index is 13.0. The van der Waals surface area contributed by atoms with Gasteiger partial charge >= 0.3 is 11.9 Å². The molecule has 4 heterocycles. The average Bonchev–Trinajstić information content (AvgIpc) is 3.28. The van der Waals surface area contributed by atoms with Gasteiger partial charge in [0.15, 0.2) is 6.10 Å². The molecule has 1 aliphatic carbocycles. The second-order valence-corrected chi connectivity index (χ2v) is 8.55. The fourth-order valence-electron chi connectivity index (χ4n) is 6.12. The lowest BCUT2D eigenvalue weighted by Crippen LogP contribution is -2.68. The van der Waals surface area contributed by atoms with E-state index in [9.17, 15) is 14.7 Å². The number of rotatable bonds is 2. The number of esters is 2. The zero-order chi connectivity index (χ0) is 19.0. The van der Waals surface area contributed by atoms with Gasteiger partial charge in [-0.15, -0.1) is 0 Å². The molecule has 0 bridgehead atoms. The van der Waals surface area contributed by atoms with Crippen LogP contribution in [-0.4, -0.2) is 41.0 Å².